The lowest BCUT2D eigenvalue weighted by molar-refractivity contribution is 0.436. The summed E-state index contributed by atoms with van der Waals surface area (Å²) in [6.45, 7) is 0. The van der Waals surface area contributed by atoms with Crippen molar-refractivity contribution in [1.82, 2.24) is 29.9 Å². The number of aromatic nitrogens is 6. The standard InChI is InChI=1S/C107H64N6O2/c1-3-23-66(24-4-1)100-108-102(112-104(110-100)83-36-9-7-31-77(83)71-51-55-93-97(62-71)114-95-43-19-17-41-91(95)106(93)87-38-14-11-33-80(87)81-34-12-15-39-88(81)106)75-49-53-79-70(57-75)48-46-64-45-47-68(60-85(64)79)69-50-54-90-86(61-69)82-35-13-16-40-89(82)107(90)92-42-18-20-44-96(92)115-98-63-72(52-56-94(98)107)78-32-8-10-37-84(78)105-111-101(67-25-5-2-6-26-67)109-103(113-105)76-58-73-29-21-27-65-28-22-30-74(59-76)99(65)73/h1-27,29-63H,28H2. The maximum Gasteiger partial charge on any atom is 0.164 e. The van der Waals surface area contributed by atoms with Crippen molar-refractivity contribution >= 4 is 38.4 Å². The first-order chi connectivity index (χ1) is 56.9. The molecule has 8 nitrogen and oxygen atoms in total. The monoisotopic (exact) mass is 1460 g/mol. The molecular formula is C107H64N6O2. The van der Waals surface area contributed by atoms with Gasteiger partial charge in [-0.2, -0.15) is 0 Å². The molecule has 4 heterocycles. The van der Waals surface area contributed by atoms with Gasteiger partial charge in [0.25, 0.3) is 0 Å². The minimum atomic E-state index is -0.704. The Kier molecular flexibility index (Phi) is 14.2. The van der Waals surface area contributed by atoms with E-state index in [4.69, 9.17) is 39.4 Å². The lowest BCUT2D eigenvalue weighted by Gasteiger charge is -2.39. The van der Waals surface area contributed by atoms with Gasteiger partial charge >= 0.3 is 0 Å². The molecule has 2 aliphatic heterocycles. The summed E-state index contributed by atoms with van der Waals surface area (Å²) < 4.78 is 14.2. The van der Waals surface area contributed by atoms with Crippen LogP contribution in [0.25, 0.3) is 162 Å². The first-order valence-corrected chi connectivity index (χ1v) is 39.2. The van der Waals surface area contributed by atoms with Crippen molar-refractivity contribution in [3.63, 3.8) is 0 Å². The minimum Gasteiger partial charge on any atom is -0.457 e. The van der Waals surface area contributed by atoms with Gasteiger partial charge in [0.1, 0.15) is 23.0 Å². The summed E-state index contributed by atoms with van der Waals surface area (Å²) >= 11 is 0. The van der Waals surface area contributed by atoms with Gasteiger partial charge in [0.2, 0.25) is 0 Å². The van der Waals surface area contributed by atoms with E-state index in [9.17, 15) is 0 Å². The molecule has 0 fully saturated rings. The number of rotatable bonds is 9. The predicted molar refractivity (Wildman–Crippen MR) is 462 cm³/mol. The summed E-state index contributed by atoms with van der Waals surface area (Å²) in [6.07, 6.45) is 5.38. The number of ether oxygens (including phenoxy) is 2. The lowest BCUT2D eigenvalue weighted by atomic mass is 9.66. The molecule has 1 atom stereocenters. The Labute approximate surface area is 663 Å². The zero-order valence-corrected chi connectivity index (χ0v) is 62.0. The van der Waals surface area contributed by atoms with Crippen LogP contribution in [0.1, 0.15) is 55.6 Å². The van der Waals surface area contributed by atoms with Gasteiger partial charge in [0, 0.05) is 55.6 Å². The Morgan fingerprint density at radius 3 is 1.21 bits per heavy atom. The number of fused-ring (bicyclic) bond motifs is 21. The molecule has 2 spiro atoms. The first kappa shape index (κ1) is 64.7. The van der Waals surface area contributed by atoms with E-state index in [0.717, 1.165) is 140 Å². The fraction of sp³-hybridized carbons (Fsp3) is 0.0280. The molecule has 19 aromatic rings. The van der Waals surface area contributed by atoms with E-state index in [1.807, 2.05) is 36.4 Å². The van der Waals surface area contributed by atoms with Crippen LogP contribution in [-0.4, -0.2) is 29.9 Å². The molecule has 2 aromatic heterocycles. The molecule has 0 bridgehead atoms. The van der Waals surface area contributed by atoms with Gasteiger partial charge in [-0.1, -0.05) is 322 Å². The van der Waals surface area contributed by atoms with Gasteiger partial charge in [-0.3, -0.25) is 0 Å². The average Bonchev–Trinajstić information content (AvgIpc) is 1.56. The maximum absolute atomic E-state index is 7.18. The molecule has 1 unspecified atom stereocenters. The summed E-state index contributed by atoms with van der Waals surface area (Å²) in [7, 11) is 0. The van der Waals surface area contributed by atoms with Crippen molar-refractivity contribution in [1.29, 1.82) is 0 Å². The van der Waals surface area contributed by atoms with E-state index in [1.54, 1.807) is 0 Å². The molecule has 5 aliphatic rings. The quantitative estimate of drug-likeness (QED) is 0.132. The molecule has 0 N–H and O–H groups in total. The van der Waals surface area contributed by atoms with Crippen molar-refractivity contribution in [3.05, 3.63) is 426 Å². The molecule has 534 valence electrons. The molecule has 0 saturated carbocycles. The number of hydrogen-bond donors (Lipinski definition) is 0. The van der Waals surface area contributed by atoms with E-state index in [0.29, 0.717) is 34.9 Å². The number of benzene rings is 17. The van der Waals surface area contributed by atoms with Crippen LogP contribution in [0.4, 0.5) is 0 Å². The Hall–Kier alpha value is -15.1. The van der Waals surface area contributed by atoms with Crippen LogP contribution in [0.3, 0.4) is 0 Å². The second kappa shape index (κ2) is 25.2. The highest BCUT2D eigenvalue weighted by Crippen LogP contribution is 2.65. The minimum absolute atomic E-state index is 0.572. The number of nitrogens with zero attached hydrogens (tertiary/aromatic N) is 6. The van der Waals surface area contributed by atoms with E-state index >= 15 is 0 Å². The summed E-state index contributed by atoms with van der Waals surface area (Å²) in [5.74, 6) is 6.83. The number of hydrogen-bond acceptors (Lipinski definition) is 8. The lowest BCUT2D eigenvalue weighted by Crippen LogP contribution is -2.32. The Balaban J connectivity index is 0.587. The van der Waals surface area contributed by atoms with Crippen molar-refractivity contribution in [2.75, 3.05) is 0 Å². The van der Waals surface area contributed by atoms with Gasteiger partial charge < -0.3 is 9.47 Å². The Morgan fingerprint density at radius 1 is 0.217 bits per heavy atom. The van der Waals surface area contributed by atoms with Crippen molar-refractivity contribution in [3.8, 4) is 147 Å². The summed E-state index contributed by atoms with van der Waals surface area (Å²) in [6, 6.07) is 131. The smallest absolute Gasteiger partial charge is 0.164 e. The molecule has 17 aromatic carbocycles. The van der Waals surface area contributed by atoms with Crippen molar-refractivity contribution in [2.24, 2.45) is 0 Å². The SMILES string of the molecule is C1=Cc2cc(-c3nc(-c4ccccc4)nc(-c4ccccc4-c4ccc5c(c4)Oc4ccccc4C54c5ccccc5-c5cc(-c6ccc7ccc8cc(-c9nc(-c%10ccccc%10)nc(-c%10ccccc%10-c%10ccc%11c(c%10)Oc%10ccccc%10C%11%10c%11ccccc%11-c%11ccccc%11%10)n9)ccc8c7c6)ccc54)n3)cc3cccc(c23)C1. The zero-order chi connectivity index (χ0) is 75.5. The zero-order valence-electron chi connectivity index (χ0n) is 62.0. The molecular weight excluding hydrogens is 1400 g/mol. The highest BCUT2D eigenvalue weighted by Gasteiger charge is 2.53. The highest BCUT2D eigenvalue weighted by atomic mass is 16.5. The second-order valence-corrected chi connectivity index (χ2v) is 30.6. The fourth-order valence-electron chi connectivity index (χ4n) is 19.5. The van der Waals surface area contributed by atoms with Gasteiger partial charge in [0.15, 0.2) is 34.9 Å². The summed E-state index contributed by atoms with van der Waals surface area (Å²) in [4.78, 5) is 31.9. The van der Waals surface area contributed by atoms with Gasteiger partial charge in [-0.05, 0) is 182 Å². The van der Waals surface area contributed by atoms with Crippen molar-refractivity contribution in [2.45, 2.75) is 17.3 Å². The summed E-state index contributed by atoms with van der Waals surface area (Å²) in [5.41, 5.74) is 27.0. The average molecular weight is 1470 g/mol. The molecule has 8 heteroatoms. The third-order valence-corrected chi connectivity index (χ3v) is 24.5. The summed E-state index contributed by atoms with van der Waals surface area (Å²) in [5, 5.41) is 6.97. The maximum atomic E-state index is 7.18. The topological polar surface area (TPSA) is 95.8 Å². The van der Waals surface area contributed by atoms with Crippen LogP contribution in [0.15, 0.2) is 370 Å². The third kappa shape index (κ3) is 9.79. The van der Waals surface area contributed by atoms with Gasteiger partial charge in [0.05, 0.1) is 10.8 Å². The number of para-hydroxylation sites is 2. The first-order valence-electron chi connectivity index (χ1n) is 39.2. The van der Waals surface area contributed by atoms with E-state index in [2.05, 4.69) is 340 Å². The van der Waals surface area contributed by atoms with E-state index in [-0.39, 0.29) is 0 Å². The van der Waals surface area contributed by atoms with E-state index in [1.165, 1.54) is 66.4 Å². The van der Waals surface area contributed by atoms with E-state index < -0.39 is 10.8 Å². The van der Waals surface area contributed by atoms with Gasteiger partial charge in [-0.25, -0.2) is 29.9 Å². The van der Waals surface area contributed by atoms with Gasteiger partial charge in [-0.15, -0.1) is 0 Å². The number of allylic oxidation sites excluding steroid dienone is 1. The predicted octanol–water partition coefficient (Wildman–Crippen LogP) is 26.0. The molecule has 3 aliphatic carbocycles. The fourth-order valence-corrected chi connectivity index (χ4v) is 19.5. The largest absolute Gasteiger partial charge is 0.457 e. The van der Waals surface area contributed by atoms with Crippen LogP contribution in [0.2, 0.25) is 0 Å². The van der Waals surface area contributed by atoms with Crippen LogP contribution < -0.4 is 9.47 Å². The highest BCUT2D eigenvalue weighted by molar-refractivity contribution is 6.10. The van der Waals surface area contributed by atoms with Crippen LogP contribution in [0, 0.1) is 0 Å². The van der Waals surface area contributed by atoms with Crippen LogP contribution >= 0.6 is 0 Å². The molecule has 115 heavy (non-hydrogen) atoms. The normalized spacial score (nSPS) is 14.4. The third-order valence-electron chi connectivity index (χ3n) is 24.5. The Bertz CT molecular complexity index is 7370. The van der Waals surface area contributed by atoms with Crippen LogP contribution in [-0.2, 0) is 17.3 Å². The van der Waals surface area contributed by atoms with Crippen molar-refractivity contribution < 1.29 is 9.47 Å². The molecule has 0 radical (unpaired) electrons. The molecule has 0 amide bonds. The molecule has 24 rings (SSSR count). The van der Waals surface area contributed by atoms with Crippen LogP contribution in [0.5, 0.6) is 23.0 Å². The molecule has 0 saturated heterocycles. The Morgan fingerprint density at radius 2 is 0.626 bits per heavy atom. The second-order valence-electron chi connectivity index (χ2n) is 30.6.